The second kappa shape index (κ2) is 4.21. The van der Waals surface area contributed by atoms with Gasteiger partial charge in [0.2, 0.25) is 0 Å². The van der Waals surface area contributed by atoms with Crippen LogP contribution in [-0.2, 0) is 4.74 Å². The Balaban J connectivity index is 0.000000281. The van der Waals surface area contributed by atoms with E-state index in [1.807, 2.05) is 13.8 Å². The average molecular weight is 156 g/mol. The van der Waals surface area contributed by atoms with E-state index in [0.29, 0.717) is 6.04 Å². The quantitative estimate of drug-likeness (QED) is 0.530. The Labute approximate surface area is 68.0 Å². The minimum Gasteiger partial charge on any atom is -0.480 e. The van der Waals surface area contributed by atoms with Crippen molar-refractivity contribution < 1.29 is 4.74 Å². The first-order valence-electron chi connectivity index (χ1n) is 4.37. The van der Waals surface area contributed by atoms with Crippen molar-refractivity contribution in [3.63, 3.8) is 0 Å². The molecule has 11 heavy (non-hydrogen) atoms. The largest absolute Gasteiger partial charge is 0.480 e. The van der Waals surface area contributed by atoms with Gasteiger partial charge in [0.05, 0.1) is 6.04 Å². The standard InChI is InChI=1S/C6H10N2O.C2H6/c1-2-6-4-9-5-7-8(6)3-1;1-2/h5-6H,1-4H2;1-2H3. The Morgan fingerprint density at radius 3 is 3.09 bits per heavy atom. The lowest BCUT2D eigenvalue weighted by Gasteiger charge is -2.23. The first kappa shape index (κ1) is 8.37. The number of rotatable bonds is 0. The van der Waals surface area contributed by atoms with Crippen LogP contribution in [0.1, 0.15) is 26.7 Å². The molecular formula is C8H16N2O. The summed E-state index contributed by atoms with van der Waals surface area (Å²) in [6.45, 7) is 5.95. The molecule has 64 valence electrons. The first-order chi connectivity index (χ1) is 5.47. The highest BCUT2D eigenvalue weighted by Gasteiger charge is 2.25. The van der Waals surface area contributed by atoms with Crippen molar-refractivity contribution in [1.29, 1.82) is 0 Å². The van der Waals surface area contributed by atoms with Crippen molar-refractivity contribution in [3.8, 4) is 0 Å². The maximum Gasteiger partial charge on any atom is 0.192 e. The van der Waals surface area contributed by atoms with Crippen LogP contribution in [0.25, 0.3) is 0 Å². The fourth-order valence-corrected chi connectivity index (χ4v) is 1.39. The van der Waals surface area contributed by atoms with Crippen molar-refractivity contribution in [2.24, 2.45) is 5.10 Å². The lowest BCUT2D eigenvalue weighted by atomic mass is 10.2. The van der Waals surface area contributed by atoms with Crippen LogP contribution in [0.15, 0.2) is 5.10 Å². The predicted molar refractivity (Wildman–Crippen MR) is 45.5 cm³/mol. The molecule has 2 rings (SSSR count). The third kappa shape index (κ3) is 1.85. The molecule has 2 aliphatic heterocycles. The molecule has 3 heteroatoms. The molecule has 1 saturated heterocycles. The minimum absolute atomic E-state index is 0.579. The smallest absolute Gasteiger partial charge is 0.192 e. The van der Waals surface area contributed by atoms with Crippen molar-refractivity contribution in [2.45, 2.75) is 32.7 Å². The van der Waals surface area contributed by atoms with E-state index in [-0.39, 0.29) is 0 Å². The molecule has 0 aromatic heterocycles. The topological polar surface area (TPSA) is 24.8 Å². The van der Waals surface area contributed by atoms with Gasteiger partial charge >= 0.3 is 0 Å². The summed E-state index contributed by atoms with van der Waals surface area (Å²) >= 11 is 0. The van der Waals surface area contributed by atoms with Crippen molar-refractivity contribution in [1.82, 2.24) is 5.01 Å². The fourth-order valence-electron chi connectivity index (χ4n) is 1.39. The van der Waals surface area contributed by atoms with Crippen molar-refractivity contribution >= 4 is 6.40 Å². The Bertz CT molecular complexity index is 136. The van der Waals surface area contributed by atoms with E-state index in [9.17, 15) is 0 Å². The number of ether oxygens (including phenoxy) is 1. The number of hydrogen-bond donors (Lipinski definition) is 0. The number of hydrazone groups is 1. The second-order valence-electron chi connectivity index (χ2n) is 2.51. The molecule has 0 spiro atoms. The molecule has 0 aromatic carbocycles. The van der Waals surface area contributed by atoms with Crippen LogP contribution >= 0.6 is 0 Å². The van der Waals surface area contributed by atoms with Crippen LogP contribution in [0.5, 0.6) is 0 Å². The van der Waals surface area contributed by atoms with Gasteiger partial charge in [-0.1, -0.05) is 13.8 Å². The fraction of sp³-hybridized carbons (Fsp3) is 0.875. The molecular weight excluding hydrogens is 140 g/mol. The molecule has 3 nitrogen and oxygen atoms in total. The van der Waals surface area contributed by atoms with Gasteiger partial charge in [0, 0.05) is 6.54 Å². The van der Waals surface area contributed by atoms with Gasteiger partial charge in [-0.2, -0.15) is 0 Å². The SMILES string of the molecule is C1=NN2CCCC2CO1.CC. The lowest BCUT2D eigenvalue weighted by molar-refractivity contribution is 0.141. The molecule has 1 atom stereocenters. The molecule has 0 amide bonds. The summed E-state index contributed by atoms with van der Waals surface area (Å²) in [7, 11) is 0. The molecule has 0 aliphatic carbocycles. The van der Waals surface area contributed by atoms with E-state index in [2.05, 4.69) is 10.1 Å². The van der Waals surface area contributed by atoms with Gasteiger partial charge in [0.15, 0.2) is 6.40 Å². The number of hydrogen-bond acceptors (Lipinski definition) is 3. The third-order valence-electron chi connectivity index (χ3n) is 1.90. The summed E-state index contributed by atoms with van der Waals surface area (Å²) in [6, 6.07) is 0.579. The summed E-state index contributed by atoms with van der Waals surface area (Å²) < 4.78 is 5.05. The van der Waals surface area contributed by atoms with E-state index < -0.39 is 0 Å². The predicted octanol–water partition coefficient (Wildman–Crippen LogP) is 1.45. The van der Waals surface area contributed by atoms with Gasteiger partial charge in [0.25, 0.3) is 0 Å². The number of nitrogens with zero attached hydrogens (tertiary/aromatic N) is 2. The molecule has 0 radical (unpaired) electrons. The molecule has 2 aliphatic rings. The molecule has 0 N–H and O–H groups in total. The van der Waals surface area contributed by atoms with E-state index in [1.54, 1.807) is 6.40 Å². The van der Waals surface area contributed by atoms with E-state index in [4.69, 9.17) is 4.74 Å². The molecule has 0 saturated carbocycles. The first-order valence-corrected chi connectivity index (χ1v) is 4.37. The molecule has 0 aromatic rings. The van der Waals surface area contributed by atoms with Gasteiger partial charge in [-0.25, -0.2) is 0 Å². The van der Waals surface area contributed by atoms with Gasteiger partial charge < -0.3 is 4.74 Å². The number of fused-ring (bicyclic) bond motifs is 1. The normalized spacial score (nSPS) is 26.7. The van der Waals surface area contributed by atoms with Crippen LogP contribution in [0, 0.1) is 0 Å². The highest BCUT2D eigenvalue weighted by atomic mass is 16.5. The van der Waals surface area contributed by atoms with E-state index >= 15 is 0 Å². The molecule has 2 heterocycles. The zero-order valence-electron chi connectivity index (χ0n) is 7.29. The van der Waals surface area contributed by atoms with Crippen LogP contribution in [0.4, 0.5) is 0 Å². The van der Waals surface area contributed by atoms with Crippen LogP contribution in [0.2, 0.25) is 0 Å². The van der Waals surface area contributed by atoms with Crippen molar-refractivity contribution in [3.05, 3.63) is 0 Å². The third-order valence-corrected chi connectivity index (χ3v) is 1.90. The summed E-state index contributed by atoms with van der Waals surface area (Å²) in [5.74, 6) is 0. The summed E-state index contributed by atoms with van der Waals surface area (Å²) in [4.78, 5) is 0. The molecule has 1 fully saturated rings. The maximum atomic E-state index is 5.05. The highest BCUT2D eigenvalue weighted by Crippen LogP contribution is 2.18. The summed E-state index contributed by atoms with van der Waals surface area (Å²) in [6.07, 6.45) is 4.06. The Kier molecular flexibility index (Phi) is 3.20. The lowest BCUT2D eigenvalue weighted by Crippen LogP contribution is -2.32. The molecule has 0 bridgehead atoms. The monoisotopic (exact) mass is 156 g/mol. The average Bonchev–Trinajstić information content (AvgIpc) is 2.55. The Hall–Kier alpha value is -0.730. The zero-order chi connectivity index (χ0) is 8.10. The van der Waals surface area contributed by atoms with E-state index in [1.165, 1.54) is 12.8 Å². The van der Waals surface area contributed by atoms with Gasteiger partial charge in [-0.15, -0.1) is 5.10 Å². The Morgan fingerprint density at radius 1 is 1.55 bits per heavy atom. The van der Waals surface area contributed by atoms with Gasteiger partial charge in [0.1, 0.15) is 6.61 Å². The van der Waals surface area contributed by atoms with E-state index in [0.717, 1.165) is 13.2 Å². The minimum atomic E-state index is 0.579. The maximum absolute atomic E-state index is 5.05. The zero-order valence-corrected chi connectivity index (χ0v) is 7.29. The highest BCUT2D eigenvalue weighted by molar-refractivity contribution is 5.46. The van der Waals surface area contributed by atoms with Crippen LogP contribution < -0.4 is 0 Å². The Morgan fingerprint density at radius 2 is 2.36 bits per heavy atom. The second-order valence-corrected chi connectivity index (χ2v) is 2.51. The van der Waals surface area contributed by atoms with Crippen molar-refractivity contribution in [2.75, 3.05) is 13.2 Å². The summed E-state index contributed by atoms with van der Waals surface area (Å²) in [5.41, 5.74) is 0. The van der Waals surface area contributed by atoms with Crippen LogP contribution in [0.3, 0.4) is 0 Å². The molecule has 1 unspecified atom stereocenters. The van der Waals surface area contributed by atoms with Gasteiger partial charge in [-0.3, -0.25) is 5.01 Å². The van der Waals surface area contributed by atoms with Gasteiger partial charge in [-0.05, 0) is 12.8 Å². The van der Waals surface area contributed by atoms with Crippen LogP contribution in [-0.4, -0.2) is 30.6 Å². The summed E-state index contributed by atoms with van der Waals surface area (Å²) in [5, 5.41) is 6.19.